The lowest BCUT2D eigenvalue weighted by Crippen LogP contribution is -2.46. The third-order valence-corrected chi connectivity index (χ3v) is 5.33. The zero-order valence-corrected chi connectivity index (χ0v) is 16.0. The molecule has 0 radical (unpaired) electrons. The van der Waals surface area contributed by atoms with Crippen LogP contribution in [0.5, 0.6) is 0 Å². The highest BCUT2D eigenvalue weighted by Crippen LogP contribution is 2.17. The maximum Gasteiger partial charge on any atom is 0.332 e. The maximum atomic E-state index is 12.3. The number of nitrogens with one attached hydrogen (secondary N) is 1. The second-order valence-electron chi connectivity index (χ2n) is 6.85. The smallest absolute Gasteiger partial charge is 0.332 e. The summed E-state index contributed by atoms with van der Waals surface area (Å²) >= 11 is 5.94. The number of fused-ring (bicyclic) bond motifs is 1. The van der Waals surface area contributed by atoms with Gasteiger partial charge < -0.3 is 9.88 Å². The monoisotopic (exact) mass is 388 g/mol. The molecule has 1 N–H and O–H groups in total. The molecule has 1 aliphatic heterocycles. The predicted octanol–water partition coefficient (Wildman–Crippen LogP) is 0.936. The fraction of sp³-hybridized carbons (Fsp3) is 0.389. The molecule has 1 aliphatic rings. The van der Waals surface area contributed by atoms with Gasteiger partial charge in [0.25, 0.3) is 5.56 Å². The zero-order chi connectivity index (χ0) is 19.1. The van der Waals surface area contributed by atoms with Gasteiger partial charge in [0.1, 0.15) is 0 Å². The van der Waals surface area contributed by atoms with Crippen LogP contribution in [-0.4, -0.2) is 50.2 Å². The van der Waals surface area contributed by atoms with E-state index in [0.29, 0.717) is 17.1 Å². The topological polar surface area (TPSA) is 79.2 Å². The average molecular weight is 389 g/mol. The Bertz CT molecular complexity index is 1090. The number of anilines is 1. The van der Waals surface area contributed by atoms with E-state index in [-0.39, 0.29) is 11.2 Å². The minimum absolute atomic E-state index is 0.353. The Morgan fingerprint density at radius 3 is 2.37 bits per heavy atom. The van der Waals surface area contributed by atoms with E-state index in [9.17, 15) is 9.59 Å². The Morgan fingerprint density at radius 1 is 1.04 bits per heavy atom. The van der Waals surface area contributed by atoms with Crippen molar-refractivity contribution in [2.45, 2.75) is 6.54 Å². The summed E-state index contributed by atoms with van der Waals surface area (Å²) in [6, 6.07) is 7.91. The number of H-pyrrole nitrogens is 1. The van der Waals surface area contributed by atoms with Crippen molar-refractivity contribution in [1.29, 1.82) is 0 Å². The molecule has 27 heavy (non-hydrogen) atoms. The highest BCUT2D eigenvalue weighted by Gasteiger charge is 2.21. The van der Waals surface area contributed by atoms with Crippen molar-refractivity contribution in [1.82, 2.24) is 24.0 Å². The molecule has 0 saturated carbocycles. The van der Waals surface area contributed by atoms with E-state index in [1.54, 1.807) is 7.05 Å². The number of aromatic amines is 1. The molecule has 1 aromatic carbocycles. The van der Waals surface area contributed by atoms with E-state index < -0.39 is 0 Å². The van der Waals surface area contributed by atoms with Gasteiger partial charge >= 0.3 is 5.69 Å². The Labute approximate surface area is 160 Å². The van der Waals surface area contributed by atoms with Gasteiger partial charge in [0, 0.05) is 51.8 Å². The van der Waals surface area contributed by atoms with Gasteiger partial charge in [-0.05, 0) is 17.7 Å². The van der Waals surface area contributed by atoms with Crippen molar-refractivity contribution in [2.75, 3.05) is 31.1 Å². The second kappa shape index (κ2) is 6.86. The molecule has 142 valence electrons. The van der Waals surface area contributed by atoms with Crippen molar-refractivity contribution in [3.8, 4) is 0 Å². The van der Waals surface area contributed by atoms with Crippen molar-refractivity contribution in [2.24, 2.45) is 14.1 Å². The lowest BCUT2D eigenvalue weighted by Gasteiger charge is -2.34. The average Bonchev–Trinajstić information content (AvgIpc) is 3.13. The molecule has 3 heterocycles. The molecule has 0 atom stereocenters. The minimum atomic E-state index is -0.377. The van der Waals surface area contributed by atoms with Crippen molar-refractivity contribution >= 4 is 28.7 Å². The summed E-state index contributed by atoms with van der Waals surface area (Å²) in [5.74, 6) is 0.634. The van der Waals surface area contributed by atoms with E-state index in [1.165, 1.54) is 17.2 Å². The summed E-state index contributed by atoms with van der Waals surface area (Å²) in [4.78, 5) is 36.5. The molecule has 3 aromatic rings. The van der Waals surface area contributed by atoms with Crippen LogP contribution in [0.25, 0.3) is 11.2 Å². The Morgan fingerprint density at radius 2 is 1.70 bits per heavy atom. The van der Waals surface area contributed by atoms with Crippen LogP contribution in [-0.2, 0) is 20.6 Å². The number of benzene rings is 1. The number of rotatable bonds is 3. The van der Waals surface area contributed by atoms with E-state index in [0.717, 1.165) is 42.3 Å². The fourth-order valence-electron chi connectivity index (χ4n) is 3.43. The molecule has 0 unspecified atom stereocenters. The number of aryl methyl sites for hydroxylation is 1. The lowest BCUT2D eigenvalue weighted by atomic mass is 10.2. The molecule has 0 aliphatic carbocycles. The number of halogens is 1. The normalized spacial score (nSPS) is 15.6. The van der Waals surface area contributed by atoms with Gasteiger partial charge in [-0.2, -0.15) is 4.98 Å². The van der Waals surface area contributed by atoms with Crippen molar-refractivity contribution in [3.05, 3.63) is 55.7 Å². The number of aromatic nitrogens is 4. The standard InChI is InChI=1S/C18H21ClN6O2/c1-22-15-14(16(26)23(2)18(22)27)20-17(21-15)25-9-7-24(8-10-25)11-12-3-5-13(19)6-4-12/h3-6H,7-11H2,1-2H3,(H,20,21). The number of hydrogen-bond donors (Lipinski definition) is 1. The summed E-state index contributed by atoms with van der Waals surface area (Å²) in [6.45, 7) is 4.23. The summed E-state index contributed by atoms with van der Waals surface area (Å²) in [6.07, 6.45) is 0. The van der Waals surface area contributed by atoms with Gasteiger partial charge in [0.05, 0.1) is 0 Å². The first-order chi connectivity index (χ1) is 12.9. The van der Waals surface area contributed by atoms with Crippen LogP contribution in [0, 0.1) is 0 Å². The van der Waals surface area contributed by atoms with Gasteiger partial charge in [-0.1, -0.05) is 23.7 Å². The van der Waals surface area contributed by atoms with E-state index in [2.05, 4.69) is 19.8 Å². The third kappa shape index (κ3) is 3.26. The van der Waals surface area contributed by atoms with E-state index in [4.69, 9.17) is 11.6 Å². The van der Waals surface area contributed by atoms with Crippen molar-refractivity contribution in [3.63, 3.8) is 0 Å². The number of nitrogens with zero attached hydrogens (tertiary/aromatic N) is 5. The molecular formula is C18H21ClN6O2. The zero-order valence-electron chi connectivity index (χ0n) is 15.3. The highest BCUT2D eigenvalue weighted by molar-refractivity contribution is 6.30. The Hall–Kier alpha value is -2.58. The first kappa shape index (κ1) is 17.8. The molecular weight excluding hydrogens is 368 g/mol. The van der Waals surface area contributed by atoms with Crippen LogP contribution in [0.4, 0.5) is 5.95 Å². The van der Waals surface area contributed by atoms with Crippen LogP contribution in [0.3, 0.4) is 0 Å². The first-order valence-corrected chi connectivity index (χ1v) is 9.19. The SMILES string of the molecule is Cn1c(=O)c2[nH]c(N3CCN(Cc4ccc(Cl)cc4)CC3)nc2n(C)c1=O. The molecule has 0 bridgehead atoms. The molecule has 0 spiro atoms. The molecule has 1 saturated heterocycles. The van der Waals surface area contributed by atoms with E-state index >= 15 is 0 Å². The third-order valence-electron chi connectivity index (χ3n) is 5.07. The molecule has 2 aromatic heterocycles. The van der Waals surface area contributed by atoms with Crippen LogP contribution in [0.2, 0.25) is 5.02 Å². The summed E-state index contributed by atoms with van der Waals surface area (Å²) in [5, 5.41) is 0.744. The second-order valence-corrected chi connectivity index (χ2v) is 7.29. The Balaban J connectivity index is 1.50. The molecule has 8 nitrogen and oxygen atoms in total. The summed E-state index contributed by atoms with van der Waals surface area (Å²) in [7, 11) is 3.10. The predicted molar refractivity (Wildman–Crippen MR) is 106 cm³/mol. The van der Waals surface area contributed by atoms with Gasteiger partial charge in [-0.3, -0.25) is 18.8 Å². The maximum absolute atomic E-state index is 12.3. The first-order valence-electron chi connectivity index (χ1n) is 8.81. The van der Waals surface area contributed by atoms with E-state index in [1.807, 2.05) is 24.3 Å². The van der Waals surface area contributed by atoms with Gasteiger partial charge in [0.15, 0.2) is 11.2 Å². The summed E-state index contributed by atoms with van der Waals surface area (Å²) in [5.41, 5.74) is 1.25. The largest absolute Gasteiger partial charge is 0.340 e. The number of piperazine rings is 1. The highest BCUT2D eigenvalue weighted by atomic mass is 35.5. The molecule has 0 amide bonds. The summed E-state index contributed by atoms with van der Waals surface area (Å²) < 4.78 is 2.49. The number of imidazole rings is 1. The number of hydrogen-bond acceptors (Lipinski definition) is 5. The fourth-order valence-corrected chi connectivity index (χ4v) is 3.56. The van der Waals surface area contributed by atoms with Gasteiger partial charge in [0.2, 0.25) is 5.95 Å². The van der Waals surface area contributed by atoms with Gasteiger partial charge in [-0.15, -0.1) is 0 Å². The quantitative estimate of drug-likeness (QED) is 0.722. The van der Waals surface area contributed by atoms with Crippen LogP contribution in [0.15, 0.2) is 33.9 Å². The lowest BCUT2D eigenvalue weighted by molar-refractivity contribution is 0.249. The van der Waals surface area contributed by atoms with Crippen molar-refractivity contribution < 1.29 is 0 Å². The Kier molecular flexibility index (Phi) is 4.53. The van der Waals surface area contributed by atoms with Crippen LogP contribution in [0.1, 0.15) is 5.56 Å². The van der Waals surface area contributed by atoms with Gasteiger partial charge in [-0.25, -0.2) is 4.79 Å². The van der Waals surface area contributed by atoms with Crippen LogP contribution >= 0.6 is 11.6 Å². The molecule has 1 fully saturated rings. The molecule has 9 heteroatoms. The van der Waals surface area contributed by atoms with Crippen LogP contribution < -0.4 is 16.1 Å². The molecule has 4 rings (SSSR count). The minimum Gasteiger partial charge on any atom is -0.340 e.